The van der Waals surface area contributed by atoms with Crippen molar-refractivity contribution in [3.05, 3.63) is 66.4 Å². The Labute approximate surface area is 255 Å². The van der Waals surface area contributed by atoms with E-state index in [-0.39, 0.29) is 18.1 Å². The van der Waals surface area contributed by atoms with Crippen LogP contribution in [0.1, 0.15) is 41.6 Å². The van der Waals surface area contributed by atoms with Crippen molar-refractivity contribution in [2.24, 2.45) is 0 Å². The van der Waals surface area contributed by atoms with E-state index < -0.39 is 0 Å². The first kappa shape index (κ1) is 28.2. The summed E-state index contributed by atoms with van der Waals surface area (Å²) in [5, 5.41) is 11.8. The van der Waals surface area contributed by atoms with E-state index in [1.807, 2.05) is 36.9 Å². The molecule has 7 rings (SSSR count). The maximum Gasteiger partial charge on any atom is 0.255 e. The third-order valence-electron chi connectivity index (χ3n) is 8.94. The number of pyridine rings is 2. The van der Waals surface area contributed by atoms with Gasteiger partial charge >= 0.3 is 0 Å². The standard InChI is InChI=1S/C32H38N10O2/c1-40-11-13-41(14-12-40)29-8-3-21(16-33-29)17-35-32-36-19-26-25(18-34-30(26)39-32)22-9-10-42-28(15-22)27(20-37-42)31(43)38-23-4-6-24(44-2)7-5-23/h3,8-10,15-16,18-20,23-24H,4-7,11-14,17H2,1-2H3,(H,38,43)(H2,34,35,36,39). The smallest absolute Gasteiger partial charge is 0.255 e. The molecule has 1 saturated heterocycles. The van der Waals surface area contributed by atoms with Crippen LogP contribution in [0.2, 0.25) is 0 Å². The number of amides is 1. The highest BCUT2D eigenvalue weighted by Crippen LogP contribution is 2.30. The van der Waals surface area contributed by atoms with Crippen molar-refractivity contribution in [3.8, 4) is 11.1 Å². The van der Waals surface area contributed by atoms with E-state index in [4.69, 9.17) is 9.72 Å². The van der Waals surface area contributed by atoms with Crippen molar-refractivity contribution < 1.29 is 9.53 Å². The molecule has 5 aromatic heterocycles. The maximum absolute atomic E-state index is 13.2. The summed E-state index contributed by atoms with van der Waals surface area (Å²) in [6.07, 6.45) is 13.2. The minimum absolute atomic E-state index is 0.0971. The predicted octanol–water partition coefficient (Wildman–Crippen LogP) is 3.72. The second-order valence-electron chi connectivity index (χ2n) is 11.8. The summed E-state index contributed by atoms with van der Waals surface area (Å²) in [5.74, 6) is 1.46. The van der Waals surface area contributed by atoms with Crippen LogP contribution in [0.4, 0.5) is 11.8 Å². The van der Waals surface area contributed by atoms with Gasteiger partial charge in [-0.15, -0.1) is 0 Å². The van der Waals surface area contributed by atoms with Gasteiger partial charge < -0.3 is 30.2 Å². The molecule has 0 spiro atoms. The molecule has 228 valence electrons. The van der Waals surface area contributed by atoms with Crippen LogP contribution in [0.25, 0.3) is 27.7 Å². The SMILES string of the molecule is COC1CCC(NC(=O)c2cnn3ccc(-c4c[nH]c5nc(NCc6ccc(N7CCN(C)CC7)nc6)ncc45)cc23)CC1. The average molecular weight is 595 g/mol. The number of H-pyrrole nitrogens is 1. The number of methoxy groups -OCH3 is 1. The van der Waals surface area contributed by atoms with E-state index in [0.29, 0.717) is 18.1 Å². The Bertz CT molecular complexity index is 1750. The molecule has 0 unspecified atom stereocenters. The van der Waals surface area contributed by atoms with E-state index in [0.717, 1.165) is 90.9 Å². The zero-order valence-electron chi connectivity index (χ0n) is 25.2. The lowest BCUT2D eigenvalue weighted by Gasteiger charge is -2.33. The summed E-state index contributed by atoms with van der Waals surface area (Å²) in [6, 6.07) is 8.33. The van der Waals surface area contributed by atoms with E-state index in [9.17, 15) is 4.79 Å². The van der Waals surface area contributed by atoms with E-state index in [1.165, 1.54) is 0 Å². The molecule has 44 heavy (non-hydrogen) atoms. The quantitative estimate of drug-likeness (QED) is 0.246. The zero-order chi connectivity index (χ0) is 30.0. The number of ether oxygens (including phenoxy) is 1. The maximum atomic E-state index is 13.2. The lowest BCUT2D eigenvalue weighted by atomic mass is 9.93. The fraction of sp³-hybridized carbons (Fsp3) is 0.406. The molecule has 2 fully saturated rings. The monoisotopic (exact) mass is 594 g/mol. The number of hydrogen-bond donors (Lipinski definition) is 3. The third-order valence-corrected chi connectivity index (χ3v) is 8.94. The predicted molar refractivity (Wildman–Crippen MR) is 170 cm³/mol. The van der Waals surface area contributed by atoms with Crippen LogP contribution in [0.5, 0.6) is 0 Å². The molecule has 1 amide bonds. The molecular formula is C32H38N10O2. The molecule has 1 saturated carbocycles. The molecule has 0 radical (unpaired) electrons. The number of nitrogens with one attached hydrogen (secondary N) is 3. The number of rotatable bonds is 8. The van der Waals surface area contributed by atoms with Gasteiger partial charge in [-0.2, -0.15) is 10.1 Å². The van der Waals surface area contributed by atoms with Gasteiger partial charge in [0.05, 0.1) is 23.4 Å². The molecule has 1 aliphatic carbocycles. The Morgan fingerprint density at radius 1 is 1.05 bits per heavy atom. The van der Waals surface area contributed by atoms with Crippen molar-refractivity contribution >= 4 is 34.2 Å². The minimum Gasteiger partial charge on any atom is -0.381 e. The van der Waals surface area contributed by atoms with Gasteiger partial charge in [0.25, 0.3) is 5.91 Å². The molecule has 3 N–H and O–H groups in total. The second-order valence-corrected chi connectivity index (χ2v) is 11.8. The molecule has 1 aliphatic heterocycles. The number of piperazine rings is 1. The van der Waals surface area contributed by atoms with Crippen molar-refractivity contribution in [2.75, 3.05) is 50.6 Å². The number of anilines is 2. The highest BCUT2D eigenvalue weighted by Gasteiger charge is 2.24. The first-order valence-electron chi connectivity index (χ1n) is 15.3. The number of hydrogen-bond acceptors (Lipinski definition) is 9. The lowest BCUT2D eigenvalue weighted by molar-refractivity contribution is 0.0599. The Hall–Kier alpha value is -4.55. The number of fused-ring (bicyclic) bond motifs is 2. The minimum atomic E-state index is -0.0971. The molecule has 0 aromatic carbocycles. The van der Waals surface area contributed by atoms with Crippen molar-refractivity contribution in [2.45, 2.75) is 44.4 Å². The zero-order valence-corrected chi connectivity index (χ0v) is 25.2. The van der Waals surface area contributed by atoms with Gasteiger partial charge in [-0.05, 0) is 62.1 Å². The van der Waals surface area contributed by atoms with Crippen LogP contribution in [-0.4, -0.2) is 92.8 Å². The van der Waals surface area contributed by atoms with Gasteiger partial charge in [0.1, 0.15) is 11.5 Å². The Morgan fingerprint density at radius 2 is 1.89 bits per heavy atom. The molecular weight excluding hydrogens is 556 g/mol. The number of nitrogens with zero attached hydrogens (tertiary/aromatic N) is 7. The fourth-order valence-electron chi connectivity index (χ4n) is 6.19. The number of aromatic amines is 1. The highest BCUT2D eigenvalue weighted by atomic mass is 16.5. The summed E-state index contributed by atoms with van der Waals surface area (Å²) in [4.78, 5) is 35.1. The first-order valence-corrected chi connectivity index (χ1v) is 15.3. The normalized spacial score (nSPS) is 19.5. The van der Waals surface area contributed by atoms with Crippen LogP contribution in [0, 0.1) is 0 Å². The summed E-state index contributed by atoms with van der Waals surface area (Å²) in [5.41, 5.74) is 5.04. The number of carbonyl (C=O) groups is 1. The van der Waals surface area contributed by atoms with Crippen molar-refractivity contribution in [3.63, 3.8) is 0 Å². The van der Waals surface area contributed by atoms with Gasteiger partial charge in [0, 0.05) is 81.6 Å². The van der Waals surface area contributed by atoms with E-state index in [2.05, 4.69) is 59.7 Å². The Morgan fingerprint density at radius 3 is 2.66 bits per heavy atom. The third kappa shape index (κ3) is 5.82. The number of likely N-dealkylation sites (N-methyl/N-ethyl adjacent to an activating group) is 1. The highest BCUT2D eigenvalue weighted by molar-refractivity contribution is 6.02. The lowest BCUT2D eigenvalue weighted by Crippen LogP contribution is -2.44. The van der Waals surface area contributed by atoms with Gasteiger partial charge in [-0.25, -0.2) is 14.5 Å². The molecule has 2 aliphatic rings. The second kappa shape index (κ2) is 12.2. The van der Waals surface area contributed by atoms with E-state index in [1.54, 1.807) is 17.8 Å². The Kier molecular flexibility index (Phi) is 7.84. The van der Waals surface area contributed by atoms with Crippen LogP contribution in [0.15, 0.2) is 55.2 Å². The summed E-state index contributed by atoms with van der Waals surface area (Å²) in [6.45, 7) is 4.68. The fourth-order valence-corrected chi connectivity index (χ4v) is 6.19. The Balaban J connectivity index is 1.03. The summed E-state index contributed by atoms with van der Waals surface area (Å²) in [7, 11) is 3.91. The topological polar surface area (TPSA) is 129 Å². The average Bonchev–Trinajstić information content (AvgIpc) is 3.69. The van der Waals surface area contributed by atoms with Gasteiger partial charge in [0.15, 0.2) is 0 Å². The van der Waals surface area contributed by atoms with Crippen LogP contribution < -0.4 is 15.5 Å². The molecule has 0 atom stereocenters. The van der Waals surface area contributed by atoms with Crippen LogP contribution in [-0.2, 0) is 11.3 Å². The van der Waals surface area contributed by atoms with Crippen molar-refractivity contribution in [1.82, 2.24) is 39.8 Å². The van der Waals surface area contributed by atoms with Gasteiger partial charge in [-0.3, -0.25) is 4.79 Å². The molecule has 6 heterocycles. The van der Waals surface area contributed by atoms with Gasteiger partial charge in [0.2, 0.25) is 5.95 Å². The largest absolute Gasteiger partial charge is 0.381 e. The van der Waals surface area contributed by atoms with Crippen LogP contribution >= 0.6 is 0 Å². The number of carbonyl (C=O) groups excluding carboxylic acids is 1. The van der Waals surface area contributed by atoms with Crippen LogP contribution in [0.3, 0.4) is 0 Å². The molecule has 0 bridgehead atoms. The molecule has 12 heteroatoms. The summed E-state index contributed by atoms with van der Waals surface area (Å²) < 4.78 is 7.20. The van der Waals surface area contributed by atoms with Crippen molar-refractivity contribution in [1.29, 1.82) is 0 Å². The molecule has 12 nitrogen and oxygen atoms in total. The molecule has 5 aromatic rings. The summed E-state index contributed by atoms with van der Waals surface area (Å²) >= 11 is 0. The van der Waals surface area contributed by atoms with Gasteiger partial charge in [-0.1, -0.05) is 6.07 Å². The first-order chi connectivity index (χ1) is 21.5. The van der Waals surface area contributed by atoms with E-state index >= 15 is 0 Å². The number of aromatic nitrogens is 6.